The lowest BCUT2D eigenvalue weighted by atomic mass is 10.1. The standard InChI is InChI=1S/C21H26N2O2/c1-2-3-5-13-20(24)22-18-11-8-12-19(16-18)23-21(25)15-14-17-9-6-4-7-10-17/h4,6-12,16H,2-3,5,13-15H2,1H3,(H,22,24)(H,23,25). The Morgan fingerprint density at radius 2 is 1.44 bits per heavy atom. The van der Waals surface area contributed by atoms with Crippen molar-refractivity contribution in [3.05, 3.63) is 60.2 Å². The largest absolute Gasteiger partial charge is 0.326 e. The van der Waals surface area contributed by atoms with Gasteiger partial charge in [-0.15, -0.1) is 0 Å². The average molecular weight is 338 g/mol. The fourth-order valence-corrected chi connectivity index (χ4v) is 2.56. The van der Waals surface area contributed by atoms with Crippen LogP contribution in [-0.2, 0) is 16.0 Å². The molecule has 25 heavy (non-hydrogen) atoms. The number of carbonyl (C=O) groups excluding carboxylic acids is 2. The van der Waals surface area contributed by atoms with E-state index in [4.69, 9.17) is 0 Å². The van der Waals surface area contributed by atoms with Crippen LogP contribution in [0.25, 0.3) is 0 Å². The van der Waals surface area contributed by atoms with Crippen molar-refractivity contribution < 1.29 is 9.59 Å². The second kappa shape index (κ2) is 10.3. The predicted octanol–water partition coefficient (Wildman–Crippen LogP) is 4.78. The molecule has 0 aromatic heterocycles. The van der Waals surface area contributed by atoms with E-state index < -0.39 is 0 Å². The molecule has 132 valence electrons. The molecule has 0 fully saturated rings. The van der Waals surface area contributed by atoms with Gasteiger partial charge in [0.15, 0.2) is 0 Å². The molecule has 4 nitrogen and oxygen atoms in total. The summed E-state index contributed by atoms with van der Waals surface area (Å²) >= 11 is 0. The van der Waals surface area contributed by atoms with Crippen LogP contribution in [0.4, 0.5) is 11.4 Å². The van der Waals surface area contributed by atoms with Gasteiger partial charge in [0.1, 0.15) is 0 Å². The first-order chi connectivity index (χ1) is 12.2. The van der Waals surface area contributed by atoms with E-state index in [-0.39, 0.29) is 11.8 Å². The van der Waals surface area contributed by atoms with Gasteiger partial charge in [-0.05, 0) is 36.6 Å². The van der Waals surface area contributed by atoms with Crippen molar-refractivity contribution in [2.45, 2.75) is 45.4 Å². The van der Waals surface area contributed by atoms with Crippen molar-refractivity contribution in [1.82, 2.24) is 0 Å². The zero-order valence-electron chi connectivity index (χ0n) is 14.8. The Hall–Kier alpha value is -2.62. The number of nitrogens with one attached hydrogen (secondary N) is 2. The van der Waals surface area contributed by atoms with Crippen LogP contribution in [-0.4, -0.2) is 11.8 Å². The van der Waals surface area contributed by atoms with Crippen LogP contribution in [0.15, 0.2) is 54.6 Å². The lowest BCUT2D eigenvalue weighted by Crippen LogP contribution is -2.14. The molecule has 2 aromatic rings. The van der Waals surface area contributed by atoms with Crippen LogP contribution >= 0.6 is 0 Å². The molecule has 0 heterocycles. The maximum absolute atomic E-state index is 12.1. The number of aryl methyl sites for hydroxylation is 1. The molecule has 2 amide bonds. The van der Waals surface area contributed by atoms with Crippen LogP contribution in [0, 0.1) is 0 Å². The molecule has 0 saturated heterocycles. The molecule has 0 aliphatic rings. The minimum atomic E-state index is -0.0322. The number of hydrogen-bond acceptors (Lipinski definition) is 2. The number of amides is 2. The van der Waals surface area contributed by atoms with E-state index >= 15 is 0 Å². The highest BCUT2D eigenvalue weighted by Gasteiger charge is 2.06. The minimum absolute atomic E-state index is 0.0148. The first-order valence-corrected chi connectivity index (χ1v) is 8.91. The van der Waals surface area contributed by atoms with Crippen molar-refractivity contribution in [2.24, 2.45) is 0 Å². The molecule has 0 aliphatic heterocycles. The van der Waals surface area contributed by atoms with Crippen LogP contribution < -0.4 is 10.6 Å². The number of anilines is 2. The molecule has 0 spiro atoms. The minimum Gasteiger partial charge on any atom is -0.326 e. The van der Waals surface area contributed by atoms with Gasteiger partial charge >= 0.3 is 0 Å². The topological polar surface area (TPSA) is 58.2 Å². The van der Waals surface area contributed by atoms with Gasteiger partial charge < -0.3 is 10.6 Å². The molecule has 0 aliphatic carbocycles. The second-order valence-corrected chi connectivity index (χ2v) is 6.12. The second-order valence-electron chi connectivity index (χ2n) is 6.12. The van der Waals surface area contributed by atoms with E-state index in [1.165, 1.54) is 0 Å². The highest BCUT2D eigenvalue weighted by molar-refractivity contribution is 5.94. The molecule has 0 unspecified atom stereocenters. The molecule has 4 heteroatoms. The highest BCUT2D eigenvalue weighted by atomic mass is 16.2. The summed E-state index contributed by atoms with van der Waals surface area (Å²) in [6.45, 7) is 2.11. The Morgan fingerprint density at radius 3 is 2.08 bits per heavy atom. The molecule has 2 aromatic carbocycles. The summed E-state index contributed by atoms with van der Waals surface area (Å²) in [5, 5.41) is 5.77. The van der Waals surface area contributed by atoms with E-state index in [0.29, 0.717) is 30.6 Å². The molecular weight excluding hydrogens is 312 g/mol. The lowest BCUT2D eigenvalue weighted by molar-refractivity contribution is -0.117. The van der Waals surface area contributed by atoms with Gasteiger partial charge in [-0.25, -0.2) is 0 Å². The summed E-state index contributed by atoms with van der Waals surface area (Å²) in [5.74, 6) is -0.0173. The predicted molar refractivity (Wildman–Crippen MR) is 103 cm³/mol. The summed E-state index contributed by atoms with van der Waals surface area (Å²) in [6.07, 6.45) is 4.72. The van der Waals surface area contributed by atoms with Crippen molar-refractivity contribution in [3.63, 3.8) is 0 Å². The molecular formula is C21H26N2O2. The first-order valence-electron chi connectivity index (χ1n) is 8.91. The maximum Gasteiger partial charge on any atom is 0.224 e. The zero-order chi connectivity index (χ0) is 17.9. The first kappa shape index (κ1) is 18.7. The van der Waals surface area contributed by atoms with E-state index in [0.717, 1.165) is 24.8 Å². The van der Waals surface area contributed by atoms with E-state index in [2.05, 4.69) is 17.6 Å². The Labute approximate surface area is 149 Å². The molecule has 0 radical (unpaired) electrons. The Bertz CT molecular complexity index is 683. The Kier molecular flexibility index (Phi) is 7.70. The quantitative estimate of drug-likeness (QED) is 0.647. The van der Waals surface area contributed by atoms with Gasteiger partial charge in [-0.1, -0.05) is 56.2 Å². The Balaban J connectivity index is 1.81. The van der Waals surface area contributed by atoms with Crippen LogP contribution in [0.5, 0.6) is 0 Å². The van der Waals surface area contributed by atoms with Gasteiger partial charge in [-0.3, -0.25) is 9.59 Å². The normalized spacial score (nSPS) is 10.3. The third-order valence-corrected chi connectivity index (χ3v) is 3.92. The SMILES string of the molecule is CCCCCC(=O)Nc1cccc(NC(=O)CCc2ccccc2)c1. The van der Waals surface area contributed by atoms with Crippen LogP contribution in [0.2, 0.25) is 0 Å². The number of hydrogen-bond donors (Lipinski definition) is 2. The third kappa shape index (κ3) is 7.21. The summed E-state index contributed by atoms with van der Waals surface area (Å²) in [4.78, 5) is 24.0. The molecule has 2 N–H and O–H groups in total. The monoisotopic (exact) mass is 338 g/mol. The summed E-state index contributed by atoms with van der Waals surface area (Å²) in [6, 6.07) is 17.2. The van der Waals surface area contributed by atoms with Crippen molar-refractivity contribution in [3.8, 4) is 0 Å². The van der Waals surface area contributed by atoms with Crippen molar-refractivity contribution in [1.29, 1.82) is 0 Å². The van der Waals surface area contributed by atoms with Crippen molar-refractivity contribution >= 4 is 23.2 Å². The molecule has 2 rings (SSSR count). The van der Waals surface area contributed by atoms with E-state index in [9.17, 15) is 9.59 Å². The summed E-state index contributed by atoms with van der Waals surface area (Å²) in [5.41, 5.74) is 2.55. The molecule has 0 saturated carbocycles. The van der Waals surface area contributed by atoms with E-state index in [1.807, 2.05) is 48.5 Å². The summed E-state index contributed by atoms with van der Waals surface area (Å²) in [7, 11) is 0. The number of carbonyl (C=O) groups is 2. The zero-order valence-corrected chi connectivity index (χ0v) is 14.8. The highest BCUT2D eigenvalue weighted by Crippen LogP contribution is 2.16. The van der Waals surface area contributed by atoms with Gasteiger partial charge in [0, 0.05) is 24.2 Å². The maximum atomic E-state index is 12.1. The number of rotatable bonds is 9. The van der Waals surface area contributed by atoms with Crippen molar-refractivity contribution in [2.75, 3.05) is 10.6 Å². The van der Waals surface area contributed by atoms with Crippen LogP contribution in [0.3, 0.4) is 0 Å². The fraction of sp³-hybridized carbons (Fsp3) is 0.333. The molecule has 0 bridgehead atoms. The van der Waals surface area contributed by atoms with Crippen LogP contribution in [0.1, 0.15) is 44.6 Å². The summed E-state index contributed by atoms with van der Waals surface area (Å²) < 4.78 is 0. The van der Waals surface area contributed by atoms with Gasteiger partial charge in [0.25, 0.3) is 0 Å². The Morgan fingerprint density at radius 1 is 0.800 bits per heavy atom. The third-order valence-electron chi connectivity index (χ3n) is 3.92. The number of benzene rings is 2. The molecule has 0 atom stereocenters. The van der Waals surface area contributed by atoms with Gasteiger partial charge in [-0.2, -0.15) is 0 Å². The van der Waals surface area contributed by atoms with E-state index in [1.54, 1.807) is 6.07 Å². The van der Waals surface area contributed by atoms with Gasteiger partial charge in [0.2, 0.25) is 11.8 Å². The average Bonchev–Trinajstić information content (AvgIpc) is 2.61. The number of unbranched alkanes of at least 4 members (excludes halogenated alkanes) is 2. The fourth-order valence-electron chi connectivity index (χ4n) is 2.56. The lowest BCUT2D eigenvalue weighted by Gasteiger charge is -2.09. The smallest absolute Gasteiger partial charge is 0.224 e. The van der Waals surface area contributed by atoms with Gasteiger partial charge in [0.05, 0.1) is 0 Å².